The van der Waals surface area contributed by atoms with Crippen molar-refractivity contribution in [1.29, 1.82) is 0 Å². The van der Waals surface area contributed by atoms with E-state index in [1.807, 2.05) is 0 Å². The van der Waals surface area contributed by atoms with Gasteiger partial charge in [0, 0.05) is 21.7 Å². The van der Waals surface area contributed by atoms with Crippen LogP contribution in [0, 0.1) is 22.7 Å². The number of ether oxygens (including phenoxy) is 1. The minimum atomic E-state index is 0.105. The molecule has 3 aliphatic carbocycles. The lowest BCUT2D eigenvalue weighted by atomic mass is 9.68. The summed E-state index contributed by atoms with van der Waals surface area (Å²) in [5, 5.41) is 0.870. The topological polar surface area (TPSA) is 20.5 Å². The molecule has 4 aromatic carbocycles. The molecule has 61 heavy (non-hydrogen) atoms. The molecule has 9 rings (SSSR count). The molecule has 0 saturated heterocycles. The third-order valence-corrected chi connectivity index (χ3v) is 14.0. The van der Waals surface area contributed by atoms with E-state index in [0.717, 1.165) is 84.1 Å². The highest BCUT2D eigenvalue weighted by atomic mass is 35.5. The van der Waals surface area contributed by atoms with Crippen LogP contribution in [0.5, 0.6) is 0 Å². The van der Waals surface area contributed by atoms with E-state index < -0.39 is 0 Å². The summed E-state index contributed by atoms with van der Waals surface area (Å²) in [5.74, 6) is 4.64. The van der Waals surface area contributed by atoms with Gasteiger partial charge in [-0.15, -0.1) is 0 Å². The normalized spacial score (nSPS) is 21.0. The van der Waals surface area contributed by atoms with Gasteiger partial charge in [-0.25, -0.2) is 4.42 Å². The summed E-state index contributed by atoms with van der Waals surface area (Å²) in [6, 6.07) is 45.0. The van der Waals surface area contributed by atoms with Crippen LogP contribution in [-0.4, -0.2) is 0 Å². The van der Waals surface area contributed by atoms with Gasteiger partial charge in [-0.1, -0.05) is 168 Å². The molecule has 308 valence electrons. The monoisotopic (exact) mass is 821 g/mol. The zero-order valence-corrected chi connectivity index (χ0v) is 37.4. The van der Waals surface area contributed by atoms with Crippen molar-refractivity contribution in [3.8, 4) is 22.5 Å². The summed E-state index contributed by atoms with van der Waals surface area (Å²) in [6.45, 7) is 14.3. The molecular weight excluding hydrogens is 764 g/mol. The summed E-state index contributed by atoms with van der Waals surface area (Å²) in [6.07, 6.45) is 13.7. The van der Waals surface area contributed by atoms with E-state index in [1.165, 1.54) is 55.7 Å². The molecule has 2 unspecified atom stereocenters. The van der Waals surface area contributed by atoms with Gasteiger partial charge in [-0.2, -0.15) is 0 Å². The predicted molar refractivity (Wildman–Crippen MR) is 256 cm³/mol. The van der Waals surface area contributed by atoms with E-state index in [1.54, 1.807) is 0 Å². The van der Waals surface area contributed by atoms with Crippen molar-refractivity contribution in [3.63, 3.8) is 0 Å². The zero-order chi connectivity index (χ0) is 42.3. The largest absolute Gasteiger partial charge is 0.456 e. The number of benzene rings is 4. The summed E-state index contributed by atoms with van der Waals surface area (Å²) in [5.41, 5.74) is 14.8. The van der Waals surface area contributed by atoms with Crippen LogP contribution in [0.25, 0.3) is 39.4 Å². The molecule has 2 nitrogen and oxygen atoms in total. The lowest BCUT2D eigenvalue weighted by molar-refractivity contribution is 0.220. The minimum Gasteiger partial charge on any atom is -0.456 e. The first kappa shape index (κ1) is 40.9. The van der Waals surface area contributed by atoms with Crippen molar-refractivity contribution in [2.24, 2.45) is 22.7 Å². The molecule has 0 amide bonds. The molecular formula is C58H58ClO2+. The lowest BCUT2D eigenvalue weighted by Crippen LogP contribution is -2.27. The maximum Gasteiger partial charge on any atom is 0.361 e. The highest BCUT2D eigenvalue weighted by Crippen LogP contribution is 2.52. The Morgan fingerprint density at radius 1 is 0.590 bits per heavy atom. The first-order valence-corrected chi connectivity index (χ1v) is 22.7. The van der Waals surface area contributed by atoms with Crippen LogP contribution in [0.15, 0.2) is 183 Å². The van der Waals surface area contributed by atoms with Crippen molar-refractivity contribution < 1.29 is 9.15 Å². The molecule has 1 aromatic heterocycles. The number of halogens is 1. The van der Waals surface area contributed by atoms with Crippen molar-refractivity contribution in [2.45, 2.75) is 86.5 Å². The van der Waals surface area contributed by atoms with E-state index in [0.29, 0.717) is 11.8 Å². The Morgan fingerprint density at radius 3 is 1.77 bits per heavy atom. The maximum absolute atomic E-state index is 7.69. The standard InChI is InChI=1S/C58H58ClO2/c1-57(2,3)46-32-44(55-50(34-46)48(38-20-11-7-12-21-38)36-52(60-55)40-24-15-9-16-25-40)30-42-28-19-29-43(54(42)59)31-45-33-47(58(4,5)6)35-51-49(39-22-13-8-14-23-39)37-53(61-56(45)51)41-26-17-10-18-27-41/h7-18,20-27,30-31,36-37,46-47H,19,28-29,32-35H2,1-6H3/q+1. The van der Waals surface area contributed by atoms with Gasteiger partial charge in [0.1, 0.15) is 11.5 Å². The highest BCUT2D eigenvalue weighted by Gasteiger charge is 2.41. The van der Waals surface area contributed by atoms with Gasteiger partial charge >= 0.3 is 11.5 Å². The van der Waals surface area contributed by atoms with E-state index in [9.17, 15) is 0 Å². The van der Waals surface area contributed by atoms with Crippen molar-refractivity contribution >= 4 is 28.5 Å². The molecule has 0 fully saturated rings. The molecule has 0 spiro atoms. The Hall–Kier alpha value is -5.44. The van der Waals surface area contributed by atoms with Gasteiger partial charge in [-0.3, -0.25) is 0 Å². The number of hydrogen-bond acceptors (Lipinski definition) is 1. The smallest absolute Gasteiger partial charge is 0.361 e. The van der Waals surface area contributed by atoms with Gasteiger partial charge in [0.25, 0.3) is 0 Å². The van der Waals surface area contributed by atoms with Gasteiger partial charge in [0.2, 0.25) is 0 Å². The third kappa shape index (κ3) is 8.58. The van der Waals surface area contributed by atoms with Crippen molar-refractivity contribution in [1.82, 2.24) is 0 Å². The lowest BCUT2D eigenvalue weighted by Gasteiger charge is -2.39. The average Bonchev–Trinajstić information content (AvgIpc) is 3.27. The molecule has 5 aromatic rings. The Bertz CT molecular complexity index is 2620. The number of rotatable bonds is 6. The Kier molecular flexibility index (Phi) is 11.3. The molecule has 1 aliphatic heterocycles. The van der Waals surface area contributed by atoms with Gasteiger partial charge in [-0.05, 0) is 125 Å². The molecule has 0 N–H and O–H groups in total. The fourth-order valence-electron chi connectivity index (χ4n) is 9.66. The minimum absolute atomic E-state index is 0.105. The Morgan fingerprint density at radius 2 is 1.15 bits per heavy atom. The predicted octanol–water partition coefficient (Wildman–Crippen LogP) is 16.7. The van der Waals surface area contributed by atoms with Crippen molar-refractivity contribution in [3.05, 3.63) is 201 Å². The summed E-state index contributed by atoms with van der Waals surface area (Å²) < 4.78 is 14.1. The van der Waals surface area contributed by atoms with Gasteiger partial charge in [0.15, 0.2) is 0 Å². The Labute approximate surface area is 368 Å². The van der Waals surface area contributed by atoms with E-state index in [-0.39, 0.29) is 10.8 Å². The van der Waals surface area contributed by atoms with E-state index >= 15 is 0 Å². The van der Waals surface area contributed by atoms with Gasteiger partial charge < -0.3 is 4.74 Å². The quantitative estimate of drug-likeness (QED) is 0.159. The highest BCUT2D eigenvalue weighted by molar-refractivity contribution is 6.32. The van der Waals surface area contributed by atoms with Crippen LogP contribution in [0.1, 0.15) is 103 Å². The number of hydrogen-bond donors (Lipinski definition) is 0. The van der Waals surface area contributed by atoms with Crippen LogP contribution >= 0.6 is 11.6 Å². The molecule has 0 bridgehead atoms. The summed E-state index contributed by atoms with van der Waals surface area (Å²) in [4.78, 5) is 0. The van der Waals surface area contributed by atoms with Gasteiger partial charge in [0.05, 0.1) is 22.8 Å². The fraction of sp³-hybridized carbons (Fsp3) is 0.293. The van der Waals surface area contributed by atoms with Crippen LogP contribution < -0.4 is 0 Å². The van der Waals surface area contributed by atoms with Crippen LogP contribution in [0.4, 0.5) is 0 Å². The summed E-state index contributed by atoms with van der Waals surface area (Å²) in [7, 11) is 0. The average molecular weight is 823 g/mol. The molecule has 3 heteroatoms. The first-order valence-electron chi connectivity index (χ1n) is 22.3. The molecule has 0 saturated carbocycles. The van der Waals surface area contributed by atoms with Crippen molar-refractivity contribution in [2.75, 3.05) is 0 Å². The third-order valence-electron chi connectivity index (χ3n) is 13.5. The molecule has 4 aliphatic rings. The van der Waals surface area contributed by atoms with Crippen LogP contribution in [0.2, 0.25) is 0 Å². The first-order chi connectivity index (χ1) is 29.4. The van der Waals surface area contributed by atoms with Crippen LogP contribution in [0.3, 0.4) is 0 Å². The second kappa shape index (κ2) is 16.8. The van der Waals surface area contributed by atoms with E-state index in [2.05, 4.69) is 187 Å². The SMILES string of the molecule is CC(C)(C)C1CC(/C=C2\CCCC(/C=C3\CC(C(C)(C)C)Cc4c(-c5ccccc5)cc(-c5ccccc5)[o+]c43)=C2Cl)=C2OC(c3ccccc3)=CC(c3ccccc3)=C2C1. The molecule has 2 atom stereocenters. The fourth-order valence-corrected chi connectivity index (χ4v) is 9.96. The number of fused-ring (bicyclic) bond motifs is 2. The molecule has 2 heterocycles. The summed E-state index contributed by atoms with van der Waals surface area (Å²) >= 11 is 7.69. The maximum atomic E-state index is 7.69. The van der Waals surface area contributed by atoms with Crippen LogP contribution in [-0.2, 0) is 11.2 Å². The number of allylic oxidation sites excluding steroid dienone is 10. The second-order valence-corrected chi connectivity index (χ2v) is 20.0. The molecule has 0 radical (unpaired) electrons. The van der Waals surface area contributed by atoms with E-state index in [4.69, 9.17) is 20.8 Å². The Balaban J connectivity index is 1.20. The zero-order valence-electron chi connectivity index (χ0n) is 36.7. The second-order valence-electron chi connectivity index (χ2n) is 19.6.